The summed E-state index contributed by atoms with van der Waals surface area (Å²) in [5.74, 6) is -0.837. The van der Waals surface area contributed by atoms with E-state index < -0.39 is 16.8 Å². The predicted octanol–water partition coefficient (Wildman–Crippen LogP) is 2.15. The lowest BCUT2D eigenvalue weighted by Gasteiger charge is -2.00. The summed E-state index contributed by atoms with van der Waals surface area (Å²) in [5, 5.41) is 10.6. The van der Waals surface area contributed by atoms with Crippen molar-refractivity contribution >= 4 is 28.1 Å². The molecule has 2 aromatic rings. The first kappa shape index (κ1) is 11.9. The zero-order valence-electron chi connectivity index (χ0n) is 8.70. The van der Waals surface area contributed by atoms with Crippen molar-refractivity contribution in [1.29, 1.82) is 0 Å². The number of carbonyl (C=O) groups is 1. The fourth-order valence-corrected chi connectivity index (χ4v) is 3.30. The van der Waals surface area contributed by atoms with Crippen LogP contribution in [-0.2, 0) is 16.6 Å². The average Bonchev–Trinajstić information content (AvgIpc) is 2.82. The summed E-state index contributed by atoms with van der Waals surface area (Å²) in [4.78, 5) is 14.7. The smallest absolute Gasteiger partial charge is 0.354 e. The standard InChI is InChI=1S/C11H9NO3S2/c13-11(14)9-4-1-3-8(12-9)7-17(15)10-5-2-6-16-10/h1-6H,7H2,(H,13,14). The number of aromatic nitrogens is 1. The van der Waals surface area contributed by atoms with Gasteiger partial charge in [-0.3, -0.25) is 4.21 Å². The maximum Gasteiger partial charge on any atom is 0.354 e. The molecule has 0 saturated carbocycles. The Labute approximate surface area is 104 Å². The molecule has 0 aromatic carbocycles. The summed E-state index contributed by atoms with van der Waals surface area (Å²) in [6.45, 7) is 0. The maximum atomic E-state index is 11.9. The Bertz CT molecular complexity index is 552. The fourth-order valence-electron chi connectivity index (χ4n) is 1.28. The predicted molar refractivity (Wildman–Crippen MR) is 65.6 cm³/mol. The van der Waals surface area contributed by atoms with Crippen LogP contribution in [-0.4, -0.2) is 20.3 Å². The molecular weight excluding hydrogens is 258 g/mol. The summed E-state index contributed by atoms with van der Waals surface area (Å²) in [7, 11) is -1.16. The summed E-state index contributed by atoms with van der Waals surface area (Å²) >= 11 is 1.42. The molecule has 88 valence electrons. The Morgan fingerprint density at radius 2 is 2.18 bits per heavy atom. The molecular formula is C11H9NO3S2. The van der Waals surface area contributed by atoms with Gasteiger partial charge in [-0.1, -0.05) is 12.1 Å². The first-order valence-electron chi connectivity index (χ1n) is 4.78. The zero-order chi connectivity index (χ0) is 12.3. The van der Waals surface area contributed by atoms with Gasteiger partial charge >= 0.3 is 5.97 Å². The average molecular weight is 267 g/mol. The number of hydrogen-bond donors (Lipinski definition) is 1. The third-order valence-corrected chi connectivity index (χ3v) is 4.68. The summed E-state index contributed by atoms with van der Waals surface area (Å²) < 4.78 is 12.7. The quantitative estimate of drug-likeness (QED) is 0.921. The van der Waals surface area contributed by atoms with E-state index in [1.807, 2.05) is 11.4 Å². The second-order valence-corrected chi connectivity index (χ2v) is 5.87. The van der Waals surface area contributed by atoms with Crippen LogP contribution in [0.15, 0.2) is 39.9 Å². The molecule has 2 aromatic heterocycles. The van der Waals surface area contributed by atoms with Gasteiger partial charge in [0.1, 0.15) is 5.69 Å². The van der Waals surface area contributed by atoms with Crippen LogP contribution < -0.4 is 0 Å². The molecule has 0 aliphatic rings. The van der Waals surface area contributed by atoms with Crippen molar-refractivity contribution in [3.05, 3.63) is 47.1 Å². The Morgan fingerprint density at radius 3 is 2.82 bits per heavy atom. The van der Waals surface area contributed by atoms with Gasteiger partial charge in [0.05, 0.1) is 26.5 Å². The Kier molecular flexibility index (Phi) is 3.65. The molecule has 6 heteroatoms. The molecule has 0 fully saturated rings. The molecule has 0 spiro atoms. The molecule has 1 atom stereocenters. The molecule has 0 aliphatic heterocycles. The summed E-state index contributed by atoms with van der Waals surface area (Å²) in [6.07, 6.45) is 0. The van der Waals surface area contributed by atoms with Crippen LogP contribution in [0.1, 0.15) is 16.2 Å². The molecule has 2 rings (SSSR count). The van der Waals surface area contributed by atoms with Crippen molar-refractivity contribution in [2.45, 2.75) is 9.96 Å². The first-order chi connectivity index (χ1) is 8.16. The van der Waals surface area contributed by atoms with E-state index in [0.29, 0.717) is 5.69 Å². The molecule has 1 N–H and O–H groups in total. The number of hydrogen-bond acceptors (Lipinski definition) is 4. The highest BCUT2D eigenvalue weighted by molar-refractivity contribution is 7.86. The van der Waals surface area contributed by atoms with Gasteiger partial charge in [-0.25, -0.2) is 9.78 Å². The second kappa shape index (κ2) is 5.20. The fraction of sp³-hybridized carbons (Fsp3) is 0.0909. The van der Waals surface area contributed by atoms with E-state index in [9.17, 15) is 9.00 Å². The largest absolute Gasteiger partial charge is 0.477 e. The van der Waals surface area contributed by atoms with Crippen LogP contribution in [0, 0.1) is 0 Å². The zero-order valence-corrected chi connectivity index (χ0v) is 10.3. The van der Waals surface area contributed by atoms with Crippen molar-refractivity contribution < 1.29 is 14.1 Å². The Morgan fingerprint density at radius 1 is 1.35 bits per heavy atom. The molecule has 0 bridgehead atoms. The van der Waals surface area contributed by atoms with Crippen molar-refractivity contribution in [1.82, 2.24) is 4.98 Å². The Balaban J connectivity index is 2.16. The summed E-state index contributed by atoms with van der Waals surface area (Å²) in [5.41, 5.74) is 0.502. The van der Waals surface area contributed by atoms with Crippen molar-refractivity contribution in [3.63, 3.8) is 0 Å². The maximum absolute atomic E-state index is 11.9. The Hall–Kier alpha value is -1.53. The van der Waals surface area contributed by atoms with E-state index in [0.717, 1.165) is 4.21 Å². The van der Waals surface area contributed by atoms with E-state index in [1.54, 1.807) is 18.2 Å². The lowest BCUT2D eigenvalue weighted by atomic mass is 10.3. The number of aromatic carboxylic acids is 1. The molecule has 1 unspecified atom stereocenters. The lowest BCUT2D eigenvalue weighted by molar-refractivity contribution is 0.0690. The van der Waals surface area contributed by atoms with Crippen LogP contribution in [0.5, 0.6) is 0 Å². The van der Waals surface area contributed by atoms with Gasteiger partial charge in [0.25, 0.3) is 0 Å². The van der Waals surface area contributed by atoms with Gasteiger partial charge in [0.2, 0.25) is 0 Å². The van der Waals surface area contributed by atoms with Gasteiger partial charge in [-0.15, -0.1) is 11.3 Å². The molecule has 0 aliphatic carbocycles. The van der Waals surface area contributed by atoms with Crippen molar-refractivity contribution in [3.8, 4) is 0 Å². The summed E-state index contributed by atoms with van der Waals surface area (Å²) in [6, 6.07) is 8.33. The van der Waals surface area contributed by atoms with Gasteiger partial charge in [0.15, 0.2) is 0 Å². The normalized spacial score (nSPS) is 12.2. The van der Waals surface area contributed by atoms with E-state index in [1.165, 1.54) is 17.4 Å². The van der Waals surface area contributed by atoms with Crippen molar-refractivity contribution in [2.24, 2.45) is 0 Å². The minimum atomic E-state index is -1.16. The monoisotopic (exact) mass is 267 g/mol. The topological polar surface area (TPSA) is 67.3 Å². The minimum Gasteiger partial charge on any atom is -0.477 e. The number of nitrogens with zero attached hydrogens (tertiary/aromatic N) is 1. The first-order valence-corrected chi connectivity index (χ1v) is 6.98. The van der Waals surface area contributed by atoms with Crippen LogP contribution in [0.2, 0.25) is 0 Å². The van der Waals surface area contributed by atoms with E-state index in [-0.39, 0.29) is 11.4 Å². The number of carboxylic acids is 1. The van der Waals surface area contributed by atoms with E-state index in [2.05, 4.69) is 4.98 Å². The number of thiophene rings is 1. The molecule has 17 heavy (non-hydrogen) atoms. The van der Waals surface area contributed by atoms with Gasteiger partial charge in [-0.2, -0.15) is 0 Å². The van der Waals surface area contributed by atoms with Gasteiger partial charge in [0, 0.05) is 0 Å². The SMILES string of the molecule is O=C(O)c1cccc(CS(=O)c2cccs2)n1. The van der Waals surface area contributed by atoms with Crippen LogP contribution in [0.4, 0.5) is 0 Å². The number of rotatable bonds is 4. The van der Waals surface area contributed by atoms with Crippen LogP contribution in [0.3, 0.4) is 0 Å². The number of carboxylic acid groups (broad SMARTS) is 1. The highest BCUT2D eigenvalue weighted by atomic mass is 32.2. The molecule has 4 nitrogen and oxygen atoms in total. The molecule has 0 saturated heterocycles. The van der Waals surface area contributed by atoms with Gasteiger partial charge < -0.3 is 5.11 Å². The minimum absolute atomic E-state index is 0.0225. The molecule has 0 radical (unpaired) electrons. The van der Waals surface area contributed by atoms with E-state index >= 15 is 0 Å². The third-order valence-electron chi connectivity index (χ3n) is 2.02. The van der Waals surface area contributed by atoms with E-state index in [4.69, 9.17) is 5.11 Å². The van der Waals surface area contributed by atoms with Crippen LogP contribution in [0.25, 0.3) is 0 Å². The molecule has 0 amide bonds. The second-order valence-electron chi connectivity index (χ2n) is 3.24. The molecule has 2 heterocycles. The van der Waals surface area contributed by atoms with Crippen LogP contribution >= 0.6 is 11.3 Å². The van der Waals surface area contributed by atoms with Gasteiger partial charge in [-0.05, 0) is 23.6 Å². The third kappa shape index (κ3) is 2.98. The number of pyridine rings is 1. The lowest BCUT2D eigenvalue weighted by Crippen LogP contribution is -2.04. The van der Waals surface area contributed by atoms with Crippen molar-refractivity contribution in [2.75, 3.05) is 0 Å². The highest BCUT2D eigenvalue weighted by Crippen LogP contribution is 2.16. The highest BCUT2D eigenvalue weighted by Gasteiger charge is 2.09.